The minimum absolute atomic E-state index is 0.151. The number of fused-ring (bicyclic) bond motifs is 5. The second-order valence-corrected chi connectivity index (χ2v) is 5.82. The van der Waals surface area contributed by atoms with E-state index in [1.807, 2.05) is 6.08 Å². The molecule has 0 spiro atoms. The van der Waals surface area contributed by atoms with Crippen LogP contribution in [0.5, 0.6) is 0 Å². The first-order valence-corrected chi connectivity index (χ1v) is 6.49. The summed E-state index contributed by atoms with van der Waals surface area (Å²) in [6.45, 7) is 5.44. The van der Waals surface area contributed by atoms with E-state index >= 15 is 0 Å². The Morgan fingerprint density at radius 3 is 2.88 bits per heavy atom. The first kappa shape index (κ1) is 10.4. The van der Waals surface area contributed by atoms with Crippen molar-refractivity contribution >= 4 is 5.97 Å². The van der Waals surface area contributed by atoms with Gasteiger partial charge in [-0.25, -0.2) is 0 Å². The maximum absolute atomic E-state index is 11.3. The summed E-state index contributed by atoms with van der Waals surface area (Å²) < 4.78 is 5.63. The first-order chi connectivity index (χ1) is 7.66. The largest absolute Gasteiger partial charge is 0.455 e. The third-order valence-corrected chi connectivity index (χ3v) is 5.19. The molecule has 0 saturated heterocycles. The smallest absolute Gasteiger partial charge is 0.303 e. The summed E-state index contributed by atoms with van der Waals surface area (Å²) in [7, 11) is 0. The quantitative estimate of drug-likeness (QED) is 0.528. The summed E-state index contributed by atoms with van der Waals surface area (Å²) in [6, 6.07) is 0. The number of hydrogen-bond donors (Lipinski definition) is 0. The molecule has 16 heavy (non-hydrogen) atoms. The van der Waals surface area contributed by atoms with Gasteiger partial charge in [0.25, 0.3) is 0 Å². The topological polar surface area (TPSA) is 26.3 Å². The second kappa shape index (κ2) is 3.35. The van der Waals surface area contributed by atoms with Crippen LogP contribution in [0.1, 0.15) is 39.0 Å². The highest BCUT2D eigenvalue weighted by atomic mass is 16.6. The van der Waals surface area contributed by atoms with Crippen molar-refractivity contribution in [3.05, 3.63) is 12.7 Å². The van der Waals surface area contributed by atoms with E-state index < -0.39 is 0 Å². The lowest BCUT2D eigenvalue weighted by atomic mass is 9.73. The summed E-state index contributed by atoms with van der Waals surface area (Å²) in [4.78, 5) is 11.3. The van der Waals surface area contributed by atoms with Crippen molar-refractivity contribution in [1.82, 2.24) is 0 Å². The number of rotatable bonds is 2. The van der Waals surface area contributed by atoms with E-state index in [-0.39, 0.29) is 11.6 Å². The third-order valence-electron chi connectivity index (χ3n) is 5.19. The third kappa shape index (κ3) is 1.22. The van der Waals surface area contributed by atoms with E-state index in [1.54, 1.807) is 0 Å². The Balaban J connectivity index is 1.88. The monoisotopic (exact) mass is 220 g/mol. The molecular formula is C14H20O2. The van der Waals surface area contributed by atoms with Gasteiger partial charge < -0.3 is 4.74 Å². The minimum Gasteiger partial charge on any atom is -0.455 e. The molecule has 2 nitrogen and oxygen atoms in total. The summed E-state index contributed by atoms with van der Waals surface area (Å²) in [5.41, 5.74) is -0.317. The van der Waals surface area contributed by atoms with Crippen LogP contribution in [-0.4, -0.2) is 11.6 Å². The maximum Gasteiger partial charge on any atom is 0.303 e. The van der Waals surface area contributed by atoms with Crippen LogP contribution in [0.2, 0.25) is 0 Å². The molecule has 5 unspecified atom stereocenters. The SMILES string of the molecule is C=CC1(OC(C)=O)CC2CC1C1CCCC21. The number of esters is 1. The average molecular weight is 220 g/mol. The van der Waals surface area contributed by atoms with Gasteiger partial charge in [-0.1, -0.05) is 13.0 Å². The Kier molecular flexibility index (Phi) is 2.17. The molecule has 3 aliphatic rings. The summed E-state index contributed by atoms with van der Waals surface area (Å²) in [6.07, 6.45) is 8.31. The van der Waals surface area contributed by atoms with Crippen LogP contribution in [0, 0.1) is 23.7 Å². The predicted octanol–water partition coefficient (Wildman–Crippen LogP) is 2.93. The molecule has 3 aliphatic carbocycles. The lowest BCUT2D eigenvalue weighted by Gasteiger charge is -2.39. The average Bonchev–Trinajstić information content (AvgIpc) is 2.84. The van der Waals surface area contributed by atoms with Gasteiger partial charge >= 0.3 is 5.97 Å². The fourth-order valence-electron chi connectivity index (χ4n) is 4.80. The summed E-state index contributed by atoms with van der Waals surface area (Å²) in [5, 5.41) is 0. The highest BCUT2D eigenvalue weighted by molar-refractivity contribution is 5.67. The van der Waals surface area contributed by atoms with Crippen LogP contribution in [0.3, 0.4) is 0 Å². The highest BCUT2D eigenvalue weighted by Crippen LogP contribution is 2.63. The van der Waals surface area contributed by atoms with E-state index in [4.69, 9.17) is 4.74 Å². The Morgan fingerprint density at radius 1 is 1.44 bits per heavy atom. The van der Waals surface area contributed by atoms with Crippen LogP contribution in [0.25, 0.3) is 0 Å². The van der Waals surface area contributed by atoms with Gasteiger partial charge in [0, 0.05) is 12.8 Å². The Morgan fingerprint density at radius 2 is 2.19 bits per heavy atom. The molecule has 0 aromatic carbocycles. The van der Waals surface area contributed by atoms with Crippen molar-refractivity contribution < 1.29 is 9.53 Å². The minimum atomic E-state index is -0.317. The van der Waals surface area contributed by atoms with Gasteiger partial charge in [-0.05, 0) is 49.5 Å². The standard InChI is InChI=1S/C14H20O2/c1-3-14(16-9(2)15)8-10-7-13(14)12-6-4-5-11(10)12/h3,10-13H,1,4-8H2,2H3. The lowest BCUT2D eigenvalue weighted by Crippen LogP contribution is -2.43. The molecule has 0 aromatic heterocycles. The van der Waals surface area contributed by atoms with Gasteiger partial charge in [0.15, 0.2) is 0 Å². The highest BCUT2D eigenvalue weighted by Gasteiger charge is 2.61. The van der Waals surface area contributed by atoms with Crippen LogP contribution in [-0.2, 0) is 9.53 Å². The molecular weight excluding hydrogens is 200 g/mol. The first-order valence-electron chi connectivity index (χ1n) is 6.49. The zero-order chi connectivity index (χ0) is 11.3. The Hall–Kier alpha value is -0.790. The van der Waals surface area contributed by atoms with Crippen LogP contribution >= 0.6 is 0 Å². The Labute approximate surface area is 97.1 Å². The molecule has 0 radical (unpaired) electrons. The summed E-state index contributed by atoms with van der Waals surface area (Å²) >= 11 is 0. The van der Waals surface area contributed by atoms with Crippen LogP contribution in [0.15, 0.2) is 12.7 Å². The van der Waals surface area contributed by atoms with Crippen LogP contribution in [0.4, 0.5) is 0 Å². The number of carbonyl (C=O) groups is 1. The molecule has 5 atom stereocenters. The van der Waals surface area contributed by atoms with Crippen LogP contribution < -0.4 is 0 Å². The molecule has 0 amide bonds. The Bertz CT molecular complexity index is 336. The van der Waals surface area contributed by atoms with E-state index in [1.165, 1.54) is 32.6 Å². The van der Waals surface area contributed by atoms with E-state index in [0.29, 0.717) is 5.92 Å². The number of hydrogen-bond acceptors (Lipinski definition) is 2. The maximum atomic E-state index is 11.3. The van der Waals surface area contributed by atoms with Crippen molar-refractivity contribution in [1.29, 1.82) is 0 Å². The van der Waals surface area contributed by atoms with Gasteiger partial charge in [-0.15, -0.1) is 0 Å². The molecule has 3 rings (SSSR count). The number of ether oxygens (including phenoxy) is 1. The van der Waals surface area contributed by atoms with E-state index in [2.05, 4.69) is 6.58 Å². The van der Waals surface area contributed by atoms with E-state index in [9.17, 15) is 4.79 Å². The van der Waals surface area contributed by atoms with Gasteiger partial charge in [-0.3, -0.25) is 4.79 Å². The van der Waals surface area contributed by atoms with Gasteiger partial charge in [0.2, 0.25) is 0 Å². The van der Waals surface area contributed by atoms with E-state index in [0.717, 1.165) is 24.2 Å². The van der Waals surface area contributed by atoms with Crippen molar-refractivity contribution in [2.24, 2.45) is 23.7 Å². The molecule has 0 heterocycles. The summed E-state index contributed by atoms with van der Waals surface area (Å²) in [5.74, 6) is 2.92. The zero-order valence-corrected chi connectivity index (χ0v) is 9.95. The second-order valence-electron chi connectivity index (χ2n) is 5.82. The van der Waals surface area contributed by atoms with Gasteiger partial charge in [0.1, 0.15) is 5.60 Å². The fourth-order valence-corrected chi connectivity index (χ4v) is 4.80. The predicted molar refractivity (Wildman–Crippen MR) is 61.7 cm³/mol. The molecule has 3 saturated carbocycles. The zero-order valence-electron chi connectivity index (χ0n) is 9.95. The van der Waals surface area contributed by atoms with Gasteiger partial charge in [-0.2, -0.15) is 0 Å². The molecule has 3 fully saturated rings. The van der Waals surface area contributed by atoms with Crippen molar-refractivity contribution in [2.45, 2.75) is 44.6 Å². The molecule has 88 valence electrons. The molecule has 0 aliphatic heterocycles. The normalized spacial score (nSPS) is 49.1. The molecule has 2 bridgehead atoms. The van der Waals surface area contributed by atoms with Crippen molar-refractivity contribution in [3.8, 4) is 0 Å². The fraction of sp³-hybridized carbons (Fsp3) is 0.786. The van der Waals surface area contributed by atoms with Crippen molar-refractivity contribution in [3.63, 3.8) is 0 Å². The number of carbonyl (C=O) groups excluding carboxylic acids is 1. The van der Waals surface area contributed by atoms with Crippen molar-refractivity contribution in [2.75, 3.05) is 0 Å². The lowest BCUT2D eigenvalue weighted by molar-refractivity contribution is -0.159. The molecule has 0 N–H and O–H groups in total. The van der Waals surface area contributed by atoms with Gasteiger partial charge in [0.05, 0.1) is 0 Å². The molecule has 0 aromatic rings. The molecule has 2 heteroatoms.